The second-order valence-electron chi connectivity index (χ2n) is 19.8. The van der Waals surface area contributed by atoms with Crippen LogP contribution in [0.4, 0.5) is 21.6 Å². The molecule has 2 saturated heterocycles. The van der Waals surface area contributed by atoms with Crippen LogP contribution in [0.2, 0.25) is 0 Å². The average Bonchev–Trinajstić information content (AvgIpc) is 4.33. The number of rotatable bonds is 16. The number of piperazine rings is 1. The summed E-state index contributed by atoms with van der Waals surface area (Å²) in [6.07, 6.45) is 6.52. The third kappa shape index (κ3) is 11.5. The van der Waals surface area contributed by atoms with Gasteiger partial charge in [0.05, 0.1) is 29.3 Å². The van der Waals surface area contributed by atoms with Crippen molar-refractivity contribution < 1.29 is 19.2 Å². The van der Waals surface area contributed by atoms with Gasteiger partial charge in [-0.1, -0.05) is 85.0 Å². The SMILES string of the molecule is CC[C@@H]1CN(c2ccc3c(c2)CC[C@H](NC(=O)c2sc4nc([C@@H](C)NC(=O)C5CCN(CCNC(=O)c6cnc(N/N=C7/C(=O)N(c8nc(-c9ccccc9)cs8)N=C7c7ccccc7)s6)CC5)ccc4c2N)C3)CCN1. The molecule has 3 aromatic carbocycles. The molecule has 396 valence electrons. The third-order valence-electron chi connectivity index (χ3n) is 14.8. The molecular formula is C56H60N14O4S3. The summed E-state index contributed by atoms with van der Waals surface area (Å²) < 4.78 is 0. The normalized spacial score (nSPS) is 19.0. The highest BCUT2D eigenvalue weighted by atomic mass is 32.1. The number of hydrogen-bond donors (Lipinski definition) is 6. The second-order valence-corrected chi connectivity index (χ2v) is 22.7. The first kappa shape index (κ1) is 51.7. The maximum absolute atomic E-state index is 13.8. The van der Waals surface area contributed by atoms with Crippen LogP contribution in [-0.2, 0) is 22.4 Å². The molecule has 0 unspecified atom stereocenters. The van der Waals surface area contributed by atoms with E-state index in [-0.39, 0.29) is 41.4 Å². The Balaban J connectivity index is 0.625. The lowest BCUT2D eigenvalue weighted by molar-refractivity contribution is -0.127. The van der Waals surface area contributed by atoms with Crippen LogP contribution in [0.15, 0.2) is 113 Å². The van der Waals surface area contributed by atoms with Crippen LogP contribution < -0.4 is 42.3 Å². The molecule has 0 saturated carbocycles. The molecule has 0 radical (unpaired) electrons. The topological polar surface area (TPSA) is 228 Å². The highest BCUT2D eigenvalue weighted by Crippen LogP contribution is 2.35. The van der Waals surface area contributed by atoms with Crippen molar-refractivity contribution in [3.05, 3.63) is 135 Å². The van der Waals surface area contributed by atoms with Crippen molar-refractivity contribution in [3.63, 3.8) is 0 Å². The summed E-state index contributed by atoms with van der Waals surface area (Å²) in [4.78, 5) is 74.4. The Labute approximate surface area is 458 Å². The number of carbonyl (C=O) groups is 4. The van der Waals surface area contributed by atoms with Crippen molar-refractivity contribution in [2.75, 3.05) is 66.9 Å². The van der Waals surface area contributed by atoms with Crippen molar-refractivity contribution in [2.45, 2.75) is 70.5 Å². The number of piperidine rings is 1. The van der Waals surface area contributed by atoms with Gasteiger partial charge in [0, 0.05) is 78.3 Å². The molecule has 4 aliphatic rings. The number of nitrogen functional groups attached to an aromatic ring is 1. The van der Waals surface area contributed by atoms with E-state index in [2.05, 4.69) is 81.8 Å². The minimum atomic E-state index is -0.445. The van der Waals surface area contributed by atoms with Gasteiger partial charge in [0.25, 0.3) is 11.8 Å². The highest BCUT2D eigenvalue weighted by Gasteiger charge is 2.36. The number of carbonyl (C=O) groups excluding carboxylic acids is 4. The number of anilines is 4. The van der Waals surface area contributed by atoms with Gasteiger partial charge in [0.2, 0.25) is 16.2 Å². The third-order valence-corrected chi connectivity index (χ3v) is 17.6. The molecule has 4 amide bonds. The molecule has 1 aliphatic carbocycles. The van der Waals surface area contributed by atoms with Gasteiger partial charge in [-0.25, -0.2) is 15.0 Å². The number of aryl methyl sites for hydroxylation is 1. The Morgan fingerprint density at radius 3 is 2.49 bits per heavy atom. The number of likely N-dealkylation sites (tertiary alicyclic amines) is 1. The highest BCUT2D eigenvalue weighted by molar-refractivity contribution is 7.21. The van der Waals surface area contributed by atoms with Crippen LogP contribution in [0, 0.1) is 5.92 Å². The van der Waals surface area contributed by atoms with E-state index in [0.717, 1.165) is 73.3 Å². The molecule has 7 heterocycles. The quantitative estimate of drug-likeness (QED) is 0.0518. The number of nitrogens with two attached hydrogens (primary N) is 1. The van der Waals surface area contributed by atoms with E-state index in [9.17, 15) is 19.2 Å². The fourth-order valence-electron chi connectivity index (χ4n) is 10.4. The lowest BCUT2D eigenvalue weighted by Crippen LogP contribution is -2.50. The zero-order valence-electron chi connectivity index (χ0n) is 42.8. The number of aromatic nitrogens is 3. The van der Waals surface area contributed by atoms with E-state index >= 15 is 0 Å². The molecule has 2 fully saturated rings. The van der Waals surface area contributed by atoms with Crippen molar-refractivity contribution >= 4 is 101 Å². The lowest BCUT2D eigenvalue weighted by Gasteiger charge is -2.36. The van der Waals surface area contributed by atoms with Gasteiger partial charge in [-0.2, -0.15) is 15.2 Å². The summed E-state index contributed by atoms with van der Waals surface area (Å²) in [5.41, 5.74) is 17.4. The van der Waals surface area contributed by atoms with E-state index in [1.54, 1.807) is 0 Å². The smallest absolute Gasteiger partial charge is 0.303 e. The standard InChI is InChI=1S/C56H60N14O4S3/c1-3-39-31-69(27-23-58-39)41-17-15-37-28-40(16-14-38(37)29-41)62-52(73)49-46(57)42-18-19-43(63-53(42)77-49)33(2)61-50(71)36-20-24-68(25-21-36)26-22-59-51(72)45-30-60-55(76-45)66-65-48-47(35-12-8-5-9-13-35)67-70(54(48)74)56-64-44(32-75-56)34-10-6-4-7-11-34/h4-13,15,17-19,29-30,32-33,36,39-40,58H,3,14,16,20-28,31,57H2,1-2H3,(H,59,72)(H,60,66)(H,61,71)(H,62,73)/b65-48+/t33-,39-,40+/m1/s1. The molecule has 21 heteroatoms. The molecule has 0 spiro atoms. The second kappa shape index (κ2) is 23.0. The molecule has 7 N–H and O–H groups in total. The Bertz CT molecular complexity index is 3370. The van der Waals surface area contributed by atoms with Crippen LogP contribution in [0.25, 0.3) is 21.5 Å². The summed E-state index contributed by atoms with van der Waals surface area (Å²) in [7, 11) is 0. The molecule has 77 heavy (non-hydrogen) atoms. The number of nitrogens with one attached hydrogen (secondary N) is 5. The van der Waals surface area contributed by atoms with E-state index in [1.807, 2.05) is 85.1 Å². The molecule has 0 bridgehead atoms. The minimum absolute atomic E-state index is 0.0125. The molecule has 7 aromatic rings. The molecule has 3 aliphatic heterocycles. The first-order valence-electron chi connectivity index (χ1n) is 26.2. The molecule has 11 rings (SSSR count). The first-order valence-corrected chi connectivity index (χ1v) is 28.8. The molecule has 18 nitrogen and oxygen atoms in total. The number of fused-ring (bicyclic) bond motifs is 2. The monoisotopic (exact) mass is 1090 g/mol. The molecule has 4 aromatic heterocycles. The van der Waals surface area contributed by atoms with E-state index in [1.165, 1.54) is 50.7 Å². The number of amides is 4. The number of nitrogens with zero attached hydrogens (tertiary/aromatic N) is 8. The van der Waals surface area contributed by atoms with Gasteiger partial charge in [-0.05, 0) is 93.9 Å². The summed E-state index contributed by atoms with van der Waals surface area (Å²) in [5, 5.41) is 26.8. The van der Waals surface area contributed by atoms with E-state index in [0.29, 0.717) is 92.6 Å². The van der Waals surface area contributed by atoms with Crippen LogP contribution in [0.5, 0.6) is 0 Å². The minimum Gasteiger partial charge on any atom is -0.397 e. The van der Waals surface area contributed by atoms with Crippen molar-refractivity contribution in [1.29, 1.82) is 0 Å². The fraction of sp³-hybridized carbons (Fsp3) is 0.339. The number of thiophene rings is 1. The number of hydrazone groups is 2. The Morgan fingerprint density at radius 1 is 0.909 bits per heavy atom. The van der Waals surface area contributed by atoms with Crippen LogP contribution in [-0.4, -0.2) is 113 Å². The first-order chi connectivity index (χ1) is 37.5. The van der Waals surface area contributed by atoms with Crippen LogP contribution in [0.1, 0.15) is 87.3 Å². The summed E-state index contributed by atoms with van der Waals surface area (Å²) >= 11 is 3.72. The number of pyridine rings is 1. The lowest BCUT2D eigenvalue weighted by atomic mass is 9.87. The van der Waals surface area contributed by atoms with Crippen molar-refractivity contribution in [2.24, 2.45) is 16.1 Å². The largest absolute Gasteiger partial charge is 0.397 e. The van der Waals surface area contributed by atoms with E-state index in [4.69, 9.17) is 10.7 Å². The van der Waals surface area contributed by atoms with Gasteiger partial charge >= 0.3 is 5.91 Å². The predicted molar refractivity (Wildman–Crippen MR) is 307 cm³/mol. The Morgan fingerprint density at radius 2 is 1.70 bits per heavy atom. The predicted octanol–water partition coefficient (Wildman–Crippen LogP) is 7.47. The van der Waals surface area contributed by atoms with Gasteiger partial charge < -0.3 is 36.8 Å². The number of benzene rings is 3. The molecule has 3 atom stereocenters. The Kier molecular flexibility index (Phi) is 15.5. The van der Waals surface area contributed by atoms with Crippen molar-refractivity contribution in [1.82, 2.24) is 41.1 Å². The van der Waals surface area contributed by atoms with Gasteiger partial charge in [0.15, 0.2) is 5.71 Å². The van der Waals surface area contributed by atoms with Crippen LogP contribution in [0.3, 0.4) is 0 Å². The zero-order chi connectivity index (χ0) is 53.0. The summed E-state index contributed by atoms with van der Waals surface area (Å²) in [6.45, 7) is 9.65. The van der Waals surface area contributed by atoms with E-state index < -0.39 is 5.91 Å². The zero-order valence-corrected chi connectivity index (χ0v) is 45.3. The van der Waals surface area contributed by atoms with Gasteiger partial charge in [-0.15, -0.1) is 22.7 Å². The van der Waals surface area contributed by atoms with Crippen LogP contribution >= 0.6 is 34.0 Å². The molecular weight excluding hydrogens is 1030 g/mol. The number of thiazole rings is 2. The summed E-state index contributed by atoms with van der Waals surface area (Å²) in [6, 6.07) is 29.8. The van der Waals surface area contributed by atoms with Gasteiger partial charge in [0.1, 0.15) is 20.3 Å². The maximum Gasteiger partial charge on any atom is 0.303 e. The maximum atomic E-state index is 13.8. The number of hydrogen-bond acceptors (Lipinski definition) is 17. The van der Waals surface area contributed by atoms with Gasteiger partial charge in [-0.3, -0.25) is 24.6 Å². The van der Waals surface area contributed by atoms with Crippen molar-refractivity contribution in [3.8, 4) is 11.3 Å². The average molecular weight is 1090 g/mol. The summed E-state index contributed by atoms with van der Waals surface area (Å²) in [5.74, 6) is -1.07. The fourth-order valence-corrected chi connectivity index (χ4v) is 12.8. The Hall–Kier alpha value is -7.43.